The van der Waals surface area contributed by atoms with Crippen LogP contribution in [0.4, 0.5) is 10.5 Å². The van der Waals surface area contributed by atoms with Crippen LogP contribution < -0.4 is 20.1 Å². The Hall–Kier alpha value is -2.87. The number of carbonyl (C=O) groups excluding carboxylic acids is 1. The van der Waals surface area contributed by atoms with Crippen molar-refractivity contribution < 1.29 is 14.3 Å². The van der Waals surface area contributed by atoms with E-state index in [1.54, 1.807) is 7.11 Å². The molecule has 1 heterocycles. The molecule has 0 radical (unpaired) electrons. The molecule has 0 aliphatic rings. The van der Waals surface area contributed by atoms with E-state index in [9.17, 15) is 4.79 Å². The van der Waals surface area contributed by atoms with Crippen LogP contribution in [0.5, 0.6) is 11.6 Å². The molecule has 2 rings (SSSR count). The van der Waals surface area contributed by atoms with Crippen molar-refractivity contribution in [3.05, 3.63) is 42.4 Å². The molecule has 8 nitrogen and oxygen atoms in total. The van der Waals surface area contributed by atoms with Crippen LogP contribution in [0.25, 0.3) is 0 Å². The van der Waals surface area contributed by atoms with Gasteiger partial charge in [0.15, 0.2) is 0 Å². The molecule has 2 N–H and O–H groups in total. The zero-order valence-electron chi connectivity index (χ0n) is 14.8. The first-order chi connectivity index (χ1) is 12.0. The number of methoxy groups -OCH3 is 2. The third-order valence-electron chi connectivity index (χ3n) is 3.49. The SMILES string of the molecule is COc1ccc([C@H](CN(C)C)NC(=O)Nc2cncnc2OC)cc1. The van der Waals surface area contributed by atoms with E-state index >= 15 is 0 Å². The number of rotatable bonds is 7. The number of hydrogen-bond acceptors (Lipinski definition) is 6. The molecule has 1 aromatic carbocycles. The maximum atomic E-state index is 12.4. The molecule has 0 saturated heterocycles. The molecule has 0 fully saturated rings. The monoisotopic (exact) mass is 345 g/mol. The lowest BCUT2D eigenvalue weighted by Gasteiger charge is -2.23. The van der Waals surface area contributed by atoms with Crippen LogP contribution >= 0.6 is 0 Å². The molecule has 8 heteroatoms. The fourth-order valence-corrected chi connectivity index (χ4v) is 2.32. The number of nitrogens with one attached hydrogen (secondary N) is 2. The second-order valence-electron chi connectivity index (χ2n) is 5.63. The second-order valence-corrected chi connectivity index (χ2v) is 5.63. The van der Waals surface area contributed by atoms with E-state index in [0.29, 0.717) is 18.1 Å². The molecule has 1 aromatic heterocycles. The van der Waals surface area contributed by atoms with Crippen LogP contribution in [0.3, 0.4) is 0 Å². The van der Waals surface area contributed by atoms with Gasteiger partial charge in [-0.05, 0) is 31.8 Å². The van der Waals surface area contributed by atoms with Gasteiger partial charge in [0.2, 0.25) is 5.88 Å². The summed E-state index contributed by atoms with van der Waals surface area (Å²) >= 11 is 0. The third kappa shape index (κ3) is 5.32. The van der Waals surface area contributed by atoms with Gasteiger partial charge in [-0.3, -0.25) is 0 Å². The Kier molecular flexibility index (Phi) is 6.53. The Bertz CT molecular complexity index is 691. The van der Waals surface area contributed by atoms with Gasteiger partial charge in [-0.25, -0.2) is 9.78 Å². The summed E-state index contributed by atoms with van der Waals surface area (Å²) < 4.78 is 10.3. The van der Waals surface area contributed by atoms with Gasteiger partial charge in [0.1, 0.15) is 17.8 Å². The average molecular weight is 345 g/mol. The van der Waals surface area contributed by atoms with Crippen LogP contribution in [0, 0.1) is 0 Å². The van der Waals surface area contributed by atoms with Crippen LogP contribution in [-0.2, 0) is 0 Å². The van der Waals surface area contributed by atoms with Gasteiger partial charge in [-0.1, -0.05) is 12.1 Å². The topological polar surface area (TPSA) is 88.6 Å². The Labute approximate surface area is 147 Å². The van der Waals surface area contributed by atoms with E-state index in [1.165, 1.54) is 19.6 Å². The number of hydrogen-bond donors (Lipinski definition) is 2. The standard InChI is InChI=1S/C17H23N5O3/c1-22(2)10-15(12-5-7-13(24-3)8-6-12)21-17(23)20-14-9-18-11-19-16(14)25-4/h5-9,11,15H,10H2,1-4H3,(H2,20,21,23)/t15-/m0/s1. The largest absolute Gasteiger partial charge is 0.497 e. The number of carbonyl (C=O) groups is 1. The summed E-state index contributed by atoms with van der Waals surface area (Å²) in [5, 5.41) is 5.67. The Balaban J connectivity index is 2.11. The summed E-state index contributed by atoms with van der Waals surface area (Å²) in [7, 11) is 7.00. The zero-order chi connectivity index (χ0) is 18.2. The molecular weight excluding hydrogens is 322 g/mol. The molecule has 2 amide bonds. The van der Waals surface area contributed by atoms with E-state index in [-0.39, 0.29) is 12.1 Å². The molecule has 0 unspecified atom stereocenters. The van der Waals surface area contributed by atoms with E-state index in [0.717, 1.165) is 11.3 Å². The predicted molar refractivity (Wildman–Crippen MR) is 95.0 cm³/mol. The van der Waals surface area contributed by atoms with Gasteiger partial charge in [0.05, 0.1) is 26.5 Å². The average Bonchev–Trinajstić information content (AvgIpc) is 2.61. The van der Waals surface area contributed by atoms with Gasteiger partial charge in [0.25, 0.3) is 0 Å². The Morgan fingerprint density at radius 3 is 2.52 bits per heavy atom. The first-order valence-electron chi connectivity index (χ1n) is 7.73. The van der Waals surface area contributed by atoms with Crippen molar-refractivity contribution in [1.82, 2.24) is 20.2 Å². The van der Waals surface area contributed by atoms with Crippen molar-refractivity contribution >= 4 is 11.7 Å². The maximum absolute atomic E-state index is 12.4. The van der Waals surface area contributed by atoms with Crippen LogP contribution in [0.2, 0.25) is 0 Å². The lowest BCUT2D eigenvalue weighted by atomic mass is 10.1. The summed E-state index contributed by atoms with van der Waals surface area (Å²) in [6, 6.07) is 7.03. The lowest BCUT2D eigenvalue weighted by Crippen LogP contribution is -2.37. The number of amides is 2. The van der Waals surface area contributed by atoms with Crippen molar-refractivity contribution in [3.8, 4) is 11.6 Å². The molecule has 0 aliphatic carbocycles. The Morgan fingerprint density at radius 1 is 1.20 bits per heavy atom. The van der Waals surface area contributed by atoms with E-state index in [1.807, 2.05) is 43.3 Å². The first kappa shape index (κ1) is 18.5. The number of benzene rings is 1. The zero-order valence-corrected chi connectivity index (χ0v) is 14.8. The molecule has 2 aromatic rings. The molecule has 0 bridgehead atoms. The summed E-state index contributed by atoms with van der Waals surface area (Å²) in [4.78, 5) is 22.2. The van der Waals surface area contributed by atoms with Crippen molar-refractivity contribution in [2.45, 2.75) is 6.04 Å². The summed E-state index contributed by atoms with van der Waals surface area (Å²) in [6.45, 7) is 0.641. The van der Waals surface area contributed by atoms with Gasteiger partial charge < -0.3 is 25.0 Å². The summed E-state index contributed by atoms with van der Waals surface area (Å²) in [6.07, 6.45) is 2.84. The first-order valence-corrected chi connectivity index (χ1v) is 7.73. The van der Waals surface area contributed by atoms with Crippen LogP contribution in [0.1, 0.15) is 11.6 Å². The van der Waals surface area contributed by atoms with Crippen LogP contribution in [0.15, 0.2) is 36.8 Å². The fourth-order valence-electron chi connectivity index (χ4n) is 2.32. The third-order valence-corrected chi connectivity index (χ3v) is 3.49. The smallest absolute Gasteiger partial charge is 0.319 e. The number of likely N-dealkylation sites (N-methyl/N-ethyl adjacent to an activating group) is 1. The number of urea groups is 1. The van der Waals surface area contributed by atoms with Gasteiger partial charge in [-0.15, -0.1) is 0 Å². The fraction of sp³-hybridized carbons (Fsp3) is 0.353. The Morgan fingerprint density at radius 2 is 1.92 bits per heavy atom. The minimum Gasteiger partial charge on any atom is -0.497 e. The predicted octanol–water partition coefficient (Wildman–Crippen LogP) is 1.92. The number of ether oxygens (including phenoxy) is 2. The molecule has 1 atom stereocenters. The van der Waals surface area contributed by atoms with Gasteiger partial charge in [0, 0.05) is 6.54 Å². The van der Waals surface area contributed by atoms with Gasteiger partial charge in [-0.2, -0.15) is 4.98 Å². The number of aromatic nitrogens is 2. The van der Waals surface area contributed by atoms with Crippen LogP contribution in [-0.4, -0.2) is 55.8 Å². The molecule has 0 aliphatic heterocycles. The highest BCUT2D eigenvalue weighted by molar-refractivity contribution is 5.90. The normalized spacial score (nSPS) is 11.7. The summed E-state index contributed by atoms with van der Waals surface area (Å²) in [5.41, 5.74) is 1.38. The maximum Gasteiger partial charge on any atom is 0.319 e. The van der Waals surface area contributed by atoms with Crippen molar-refractivity contribution in [2.24, 2.45) is 0 Å². The molecule has 134 valence electrons. The van der Waals surface area contributed by atoms with Crippen molar-refractivity contribution in [3.63, 3.8) is 0 Å². The second kappa shape index (κ2) is 8.84. The minimum absolute atomic E-state index is 0.198. The number of nitrogens with zero attached hydrogens (tertiary/aromatic N) is 3. The van der Waals surface area contributed by atoms with Gasteiger partial charge >= 0.3 is 6.03 Å². The number of anilines is 1. The highest BCUT2D eigenvalue weighted by Gasteiger charge is 2.17. The lowest BCUT2D eigenvalue weighted by molar-refractivity contribution is 0.244. The van der Waals surface area contributed by atoms with E-state index < -0.39 is 0 Å². The van der Waals surface area contributed by atoms with Crippen molar-refractivity contribution in [1.29, 1.82) is 0 Å². The highest BCUT2D eigenvalue weighted by atomic mass is 16.5. The summed E-state index contributed by atoms with van der Waals surface area (Å²) in [5.74, 6) is 1.07. The molecule has 0 spiro atoms. The molecular formula is C17H23N5O3. The van der Waals surface area contributed by atoms with E-state index in [2.05, 4.69) is 20.6 Å². The highest BCUT2D eigenvalue weighted by Crippen LogP contribution is 2.20. The molecule has 0 saturated carbocycles. The molecule has 25 heavy (non-hydrogen) atoms. The van der Waals surface area contributed by atoms with Crippen molar-refractivity contribution in [2.75, 3.05) is 40.2 Å². The minimum atomic E-state index is -0.365. The van der Waals surface area contributed by atoms with E-state index in [4.69, 9.17) is 9.47 Å². The quantitative estimate of drug-likeness (QED) is 0.797.